The number of hydrogen-bond acceptors (Lipinski definition) is 4. The Labute approximate surface area is 175 Å². The number of halogens is 1. The zero-order chi connectivity index (χ0) is 21.9. The van der Waals surface area contributed by atoms with E-state index in [1.165, 1.54) is 11.0 Å². The van der Waals surface area contributed by atoms with Gasteiger partial charge in [0.15, 0.2) is 0 Å². The molecule has 1 aliphatic heterocycles. The van der Waals surface area contributed by atoms with Gasteiger partial charge in [-0.2, -0.15) is 0 Å². The zero-order valence-electron chi connectivity index (χ0n) is 17.4. The molecule has 0 bridgehead atoms. The lowest BCUT2D eigenvalue weighted by molar-refractivity contribution is -0.122. The number of hydrogen-bond donors (Lipinski definition) is 1. The largest absolute Gasteiger partial charge is 0.489 e. The highest BCUT2D eigenvalue weighted by molar-refractivity contribution is 5.85. The maximum Gasteiger partial charge on any atom is 0.411 e. The third-order valence-electron chi connectivity index (χ3n) is 4.93. The second-order valence-corrected chi connectivity index (χ2v) is 8.35. The molecule has 2 atom stereocenters. The van der Waals surface area contributed by atoms with Gasteiger partial charge in [0.05, 0.1) is 6.04 Å². The number of ether oxygens (including phenoxy) is 2. The summed E-state index contributed by atoms with van der Waals surface area (Å²) in [5, 5.41) is 0. The highest BCUT2D eigenvalue weighted by Crippen LogP contribution is 2.37. The Morgan fingerprint density at radius 3 is 2.37 bits per heavy atom. The molecule has 2 aromatic carbocycles. The van der Waals surface area contributed by atoms with Gasteiger partial charge in [0.1, 0.15) is 29.8 Å². The topological polar surface area (TPSA) is 81.9 Å². The molecule has 1 fully saturated rings. The van der Waals surface area contributed by atoms with Gasteiger partial charge < -0.3 is 15.2 Å². The summed E-state index contributed by atoms with van der Waals surface area (Å²) in [5.74, 6) is -0.283. The van der Waals surface area contributed by atoms with E-state index in [1.807, 2.05) is 12.1 Å². The number of nitrogens with zero attached hydrogens (tertiary/aromatic N) is 1. The first-order chi connectivity index (χ1) is 14.2. The summed E-state index contributed by atoms with van der Waals surface area (Å²) < 4.78 is 24.9. The van der Waals surface area contributed by atoms with Crippen molar-refractivity contribution < 1.29 is 23.5 Å². The molecule has 1 unspecified atom stereocenters. The first-order valence-corrected chi connectivity index (χ1v) is 9.92. The number of likely N-dealkylation sites (tertiary alicyclic amines) is 1. The van der Waals surface area contributed by atoms with E-state index in [0.29, 0.717) is 24.2 Å². The predicted octanol–water partition coefficient (Wildman–Crippen LogP) is 4.33. The Morgan fingerprint density at radius 1 is 1.10 bits per heavy atom. The number of benzene rings is 2. The van der Waals surface area contributed by atoms with E-state index < -0.39 is 23.6 Å². The van der Waals surface area contributed by atoms with Crippen molar-refractivity contribution in [3.8, 4) is 5.75 Å². The van der Waals surface area contributed by atoms with Gasteiger partial charge in [-0.25, -0.2) is 9.18 Å². The first-order valence-electron chi connectivity index (χ1n) is 9.92. The van der Waals surface area contributed by atoms with Crippen LogP contribution >= 0.6 is 0 Å². The second kappa shape index (κ2) is 8.73. The van der Waals surface area contributed by atoms with Crippen LogP contribution in [0.4, 0.5) is 9.18 Å². The molecular formula is C23H27FN2O4. The maximum atomic E-state index is 13.7. The lowest BCUT2D eigenvalue weighted by Crippen LogP contribution is -2.46. The molecule has 1 saturated heterocycles. The Kier molecular flexibility index (Phi) is 6.29. The van der Waals surface area contributed by atoms with Gasteiger partial charge in [-0.15, -0.1) is 0 Å². The van der Waals surface area contributed by atoms with E-state index in [0.717, 1.165) is 5.56 Å². The molecule has 0 spiro atoms. The lowest BCUT2D eigenvalue weighted by atomic mass is 10.0. The summed E-state index contributed by atoms with van der Waals surface area (Å²) in [6, 6.07) is 12.6. The van der Waals surface area contributed by atoms with E-state index in [9.17, 15) is 14.0 Å². The third-order valence-corrected chi connectivity index (χ3v) is 4.93. The van der Waals surface area contributed by atoms with Crippen molar-refractivity contribution in [2.24, 2.45) is 5.73 Å². The number of nitrogens with two attached hydrogens (primary N) is 1. The van der Waals surface area contributed by atoms with Crippen molar-refractivity contribution in [2.45, 2.75) is 57.9 Å². The Hall–Kier alpha value is -3.09. The molecule has 3 rings (SSSR count). The van der Waals surface area contributed by atoms with Gasteiger partial charge in [0, 0.05) is 5.56 Å². The minimum Gasteiger partial charge on any atom is -0.489 e. The highest BCUT2D eigenvalue weighted by atomic mass is 19.1. The molecule has 2 aromatic rings. The number of amides is 2. The molecular weight excluding hydrogens is 387 g/mol. The van der Waals surface area contributed by atoms with Gasteiger partial charge >= 0.3 is 6.09 Å². The van der Waals surface area contributed by atoms with E-state index in [2.05, 4.69) is 0 Å². The fraction of sp³-hybridized carbons (Fsp3) is 0.391. The van der Waals surface area contributed by atoms with Crippen molar-refractivity contribution in [3.05, 3.63) is 65.5 Å². The van der Waals surface area contributed by atoms with Crippen LogP contribution in [-0.4, -0.2) is 28.5 Å². The normalized spacial score (nSPS) is 18.9. The summed E-state index contributed by atoms with van der Waals surface area (Å²) in [5.41, 5.74) is 6.16. The minimum atomic E-state index is -0.707. The average molecular weight is 414 g/mol. The van der Waals surface area contributed by atoms with Crippen molar-refractivity contribution in [3.63, 3.8) is 0 Å². The van der Waals surface area contributed by atoms with Crippen molar-refractivity contribution in [1.82, 2.24) is 4.90 Å². The van der Waals surface area contributed by atoms with E-state index in [-0.39, 0.29) is 18.5 Å². The smallest absolute Gasteiger partial charge is 0.411 e. The van der Waals surface area contributed by atoms with Crippen LogP contribution in [0, 0.1) is 5.82 Å². The van der Waals surface area contributed by atoms with Crippen LogP contribution in [0.2, 0.25) is 0 Å². The molecule has 0 aliphatic carbocycles. The highest BCUT2D eigenvalue weighted by Gasteiger charge is 2.42. The molecule has 0 saturated carbocycles. The van der Waals surface area contributed by atoms with E-state index in [1.54, 1.807) is 51.1 Å². The van der Waals surface area contributed by atoms with Crippen molar-refractivity contribution >= 4 is 12.0 Å². The summed E-state index contributed by atoms with van der Waals surface area (Å²) in [7, 11) is 0. The van der Waals surface area contributed by atoms with Crippen LogP contribution in [0.15, 0.2) is 48.5 Å². The zero-order valence-corrected chi connectivity index (χ0v) is 17.4. The molecule has 2 amide bonds. The molecule has 1 heterocycles. The fourth-order valence-electron chi connectivity index (χ4n) is 3.55. The number of carbonyl (C=O) groups is 2. The fourth-order valence-corrected chi connectivity index (χ4v) is 3.55. The van der Waals surface area contributed by atoms with E-state index in [4.69, 9.17) is 15.2 Å². The van der Waals surface area contributed by atoms with Crippen LogP contribution in [-0.2, 0) is 16.1 Å². The molecule has 0 radical (unpaired) electrons. The van der Waals surface area contributed by atoms with Gasteiger partial charge in [-0.1, -0.05) is 30.3 Å². The standard InChI is InChI=1S/C23H27FN2O4/c1-23(2,3)30-22(28)26-19(12-13-20(26)21(25)27)15-8-10-17(11-9-15)29-14-16-6-4-5-7-18(16)24/h4-11,19-20H,12-14H2,1-3H3,(H2,25,27)/t19?,20-/m0/s1. The predicted molar refractivity (Wildman–Crippen MR) is 110 cm³/mol. The molecule has 0 aromatic heterocycles. The third kappa shape index (κ3) is 5.09. The SMILES string of the molecule is CC(C)(C)OC(=O)N1C(c2ccc(OCc3ccccc3F)cc2)CC[C@H]1C(N)=O. The summed E-state index contributed by atoms with van der Waals surface area (Å²) in [6.45, 7) is 5.44. The lowest BCUT2D eigenvalue weighted by Gasteiger charge is -2.31. The maximum absolute atomic E-state index is 13.7. The van der Waals surface area contributed by atoms with Gasteiger partial charge in [0.25, 0.3) is 0 Å². The van der Waals surface area contributed by atoms with Gasteiger partial charge in [-0.05, 0) is 57.4 Å². The van der Waals surface area contributed by atoms with Crippen LogP contribution in [0.5, 0.6) is 5.75 Å². The number of rotatable bonds is 5. The summed E-state index contributed by atoms with van der Waals surface area (Å²) in [6.07, 6.45) is 0.515. The summed E-state index contributed by atoms with van der Waals surface area (Å²) in [4.78, 5) is 26.1. The average Bonchev–Trinajstić information content (AvgIpc) is 3.12. The minimum absolute atomic E-state index is 0.114. The Bertz CT molecular complexity index is 908. The molecule has 6 nitrogen and oxygen atoms in total. The van der Waals surface area contributed by atoms with Crippen LogP contribution in [0.25, 0.3) is 0 Å². The molecule has 1 aliphatic rings. The summed E-state index contributed by atoms with van der Waals surface area (Å²) >= 11 is 0. The van der Waals surface area contributed by atoms with Gasteiger partial charge in [0.2, 0.25) is 5.91 Å². The number of primary amides is 1. The monoisotopic (exact) mass is 414 g/mol. The molecule has 30 heavy (non-hydrogen) atoms. The van der Waals surface area contributed by atoms with Gasteiger partial charge in [-0.3, -0.25) is 9.69 Å². The second-order valence-electron chi connectivity index (χ2n) is 8.35. The van der Waals surface area contributed by atoms with Crippen molar-refractivity contribution in [2.75, 3.05) is 0 Å². The molecule has 2 N–H and O–H groups in total. The van der Waals surface area contributed by atoms with Crippen LogP contribution < -0.4 is 10.5 Å². The molecule has 7 heteroatoms. The molecule has 160 valence electrons. The van der Waals surface area contributed by atoms with E-state index >= 15 is 0 Å². The Balaban J connectivity index is 1.74. The quantitative estimate of drug-likeness (QED) is 0.790. The first kappa shape index (κ1) is 21.6. The van der Waals surface area contributed by atoms with Crippen LogP contribution in [0.3, 0.4) is 0 Å². The van der Waals surface area contributed by atoms with Crippen molar-refractivity contribution in [1.29, 1.82) is 0 Å². The Morgan fingerprint density at radius 2 is 1.77 bits per heavy atom. The number of carbonyl (C=O) groups excluding carboxylic acids is 2. The van der Waals surface area contributed by atoms with Crippen LogP contribution in [0.1, 0.15) is 50.8 Å².